The lowest BCUT2D eigenvalue weighted by atomic mass is 10.1. The molecular formula is C18H23NO4S. The predicted molar refractivity (Wildman–Crippen MR) is 92.3 cm³/mol. The van der Waals surface area contributed by atoms with Crippen LogP contribution in [-0.2, 0) is 14.6 Å². The molecule has 0 spiro atoms. The summed E-state index contributed by atoms with van der Waals surface area (Å²) < 4.78 is 31.2. The second-order valence-electron chi connectivity index (χ2n) is 6.26. The third-order valence-electron chi connectivity index (χ3n) is 3.66. The maximum Gasteiger partial charge on any atom is 0.220 e. The van der Waals surface area contributed by atoms with Gasteiger partial charge in [0.05, 0.1) is 11.2 Å². The molecule has 2 rings (SSSR count). The van der Waals surface area contributed by atoms with Gasteiger partial charge in [-0.2, -0.15) is 0 Å². The Kier molecular flexibility index (Phi) is 5.83. The summed E-state index contributed by atoms with van der Waals surface area (Å²) in [6.07, 6.45) is 1.79. The number of nitrogens with one attached hydrogen (secondary N) is 1. The average molecular weight is 349 g/mol. The molecule has 2 aromatic rings. The number of benzene rings is 1. The Hall–Kier alpha value is -2.08. The molecule has 0 fully saturated rings. The minimum Gasteiger partial charge on any atom is -0.468 e. The van der Waals surface area contributed by atoms with Gasteiger partial charge < -0.3 is 9.73 Å². The highest BCUT2D eigenvalue weighted by Gasteiger charge is 2.31. The molecule has 0 bridgehead atoms. The number of amides is 1. The lowest BCUT2D eigenvalue weighted by Gasteiger charge is -2.17. The second kappa shape index (κ2) is 7.66. The fourth-order valence-corrected chi connectivity index (χ4v) is 3.97. The van der Waals surface area contributed by atoms with E-state index in [9.17, 15) is 13.2 Å². The molecule has 0 aliphatic carbocycles. The quantitative estimate of drug-likeness (QED) is 0.832. The molecule has 130 valence electrons. The van der Waals surface area contributed by atoms with Crippen LogP contribution in [0.2, 0.25) is 0 Å². The van der Waals surface area contributed by atoms with Gasteiger partial charge in [0.1, 0.15) is 11.0 Å². The Morgan fingerprint density at radius 1 is 1.17 bits per heavy atom. The molecule has 5 nitrogen and oxygen atoms in total. The van der Waals surface area contributed by atoms with Crippen LogP contribution in [-0.4, -0.2) is 20.9 Å². The Morgan fingerprint density at radius 3 is 2.38 bits per heavy atom. The Balaban J connectivity index is 2.26. The number of sulfone groups is 1. The Bertz CT molecular complexity index is 762. The first-order chi connectivity index (χ1) is 11.3. The molecule has 0 unspecified atom stereocenters. The van der Waals surface area contributed by atoms with Crippen LogP contribution < -0.4 is 5.32 Å². The molecule has 1 N–H and O–H groups in total. The van der Waals surface area contributed by atoms with Gasteiger partial charge in [-0.1, -0.05) is 31.5 Å². The van der Waals surface area contributed by atoms with Crippen molar-refractivity contribution in [2.75, 3.05) is 6.54 Å². The lowest BCUT2D eigenvalue weighted by molar-refractivity contribution is -0.121. The number of hydrogen-bond acceptors (Lipinski definition) is 4. The van der Waals surface area contributed by atoms with Crippen LogP contribution in [0.1, 0.15) is 36.8 Å². The van der Waals surface area contributed by atoms with Crippen molar-refractivity contribution < 1.29 is 17.6 Å². The minimum absolute atomic E-state index is 0.0186. The van der Waals surface area contributed by atoms with Crippen molar-refractivity contribution >= 4 is 15.7 Å². The molecule has 0 aliphatic rings. The fourth-order valence-electron chi connectivity index (χ4n) is 2.38. The van der Waals surface area contributed by atoms with Gasteiger partial charge in [-0.15, -0.1) is 0 Å². The van der Waals surface area contributed by atoms with Gasteiger partial charge in [0.15, 0.2) is 9.84 Å². The van der Waals surface area contributed by atoms with E-state index in [0.717, 1.165) is 5.56 Å². The molecule has 6 heteroatoms. The summed E-state index contributed by atoms with van der Waals surface area (Å²) in [6.45, 7) is 5.75. The van der Waals surface area contributed by atoms with Crippen molar-refractivity contribution in [3.8, 4) is 0 Å². The molecule has 1 amide bonds. The average Bonchev–Trinajstić information content (AvgIpc) is 3.01. The third-order valence-corrected chi connectivity index (χ3v) is 5.74. The van der Waals surface area contributed by atoms with E-state index in [2.05, 4.69) is 5.32 Å². The van der Waals surface area contributed by atoms with E-state index in [-0.39, 0.29) is 23.3 Å². The van der Waals surface area contributed by atoms with E-state index in [1.807, 2.05) is 20.8 Å². The normalized spacial score (nSPS) is 13.0. The van der Waals surface area contributed by atoms with Crippen molar-refractivity contribution in [1.82, 2.24) is 5.32 Å². The van der Waals surface area contributed by atoms with Crippen LogP contribution in [0.3, 0.4) is 0 Å². The molecule has 1 aromatic carbocycles. The van der Waals surface area contributed by atoms with E-state index in [0.29, 0.717) is 12.2 Å². The van der Waals surface area contributed by atoms with Gasteiger partial charge in [-0.05, 0) is 37.1 Å². The number of rotatable bonds is 7. The van der Waals surface area contributed by atoms with Crippen LogP contribution in [0.25, 0.3) is 0 Å². The van der Waals surface area contributed by atoms with Gasteiger partial charge in [-0.3, -0.25) is 4.79 Å². The molecule has 0 aliphatic heterocycles. The standard InChI is InChI=1S/C18H23NO4S/c1-13(2)11-18(20)19-12-17(16-5-4-10-23-16)24(21,22)15-8-6-14(3)7-9-15/h4-10,13,17H,11-12H2,1-3H3,(H,19,20)/t17-/m1/s1. The van der Waals surface area contributed by atoms with Gasteiger partial charge in [0.25, 0.3) is 0 Å². The molecule has 1 atom stereocenters. The Labute approximate surface area is 143 Å². The summed E-state index contributed by atoms with van der Waals surface area (Å²) in [5.74, 6) is 0.363. The zero-order valence-corrected chi connectivity index (χ0v) is 15.0. The number of furan rings is 1. The smallest absolute Gasteiger partial charge is 0.220 e. The van der Waals surface area contributed by atoms with Crippen LogP contribution >= 0.6 is 0 Å². The molecule has 0 saturated heterocycles. The van der Waals surface area contributed by atoms with Crippen LogP contribution in [0.4, 0.5) is 0 Å². The maximum absolute atomic E-state index is 13.0. The predicted octanol–water partition coefficient (Wildman–Crippen LogP) is 3.27. The summed E-state index contributed by atoms with van der Waals surface area (Å²) in [5, 5.41) is 1.76. The number of hydrogen-bond donors (Lipinski definition) is 1. The van der Waals surface area contributed by atoms with Gasteiger partial charge >= 0.3 is 0 Å². The summed E-state index contributed by atoms with van der Waals surface area (Å²) in [4.78, 5) is 12.1. The van der Waals surface area contributed by atoms with Crippen molar-refractivity contribution in [2.24, 2.45) is 5.92 Å². The lowest BCUT2D eigenvalue weighted by Crippen LogP contribution is -2.32. The Morgan fingerprint density at radius 2 is 1.83 bits per heavy atom. The number of aryl methyl sites for hydroxylation is 1. The molecule has 0 radical (unpaired) electrons. The monoisotopic (exact) mass is 349 g/mol. The molecule has 24 heavy (non-hydrogen) atoms. The summed E-state index contributed by atoms with van der Waals surface area (Å²) in [7, 11) is -3.67. The first kappa shape index (κ1) is 18.3. The highest BCUT2D eigenvalue weighted by atomic mass is 32.2. The first-order valence-corrected chi connectivity index (χ1v) is 9.46. The maximum atomic E-state index is 13.0. The molecule has 1 aromatic heterocycles. The van der Waals surface area contributed by atoms with E-state index >= 15 is 0 Å². The van der Waals surface area contributed by atoms with E-state index in [4.69, 9.17) is 4.42 Å². The van der Waals surface area contributed by atoms with Crippen LogP contribution in [0.15, 0.2) is 52.0 Å². The molecule has 0 saturated carbocycles. The van der Waals surface area contributed by atoms with Crippen LogP contribution in [0.5, 0.6) is 0 Å². The van der Waals surface area contributed by atoms with Crippen molar-refractivity contribution in [3.05, 3.63) is 54.0 Å². The fraction of sp³-hybridized carbons (Fsp3) is 0.389. The van der Waals surface area contributed by atoms with E-state index in [1.165, 1.54) is 6.26 Å². The molecule has 1 heterocycles. The van der Waals surface area contributed by atoms with Crippen LogP contribution in [0, 0.1) is 12.8 Å². The number of carbonyl (C=O) groups excluding carboxylic acids is 1. The topological polar surface area (TPSA) is 76.4 Å². The van der Waals surface area contributed by atoms with Crippen molar-refractivity contribution in [3.63, 3.8) is 0 Å². The SMILES string of the molecule is Cc1ccc(S(=O)(=O)[C@H](CNC(=O)CC(C)C)c2ccco2)cc1. The zero-order chi connectivity index (χ0) is 17.7. The largest absolute Gasteiger partial charge is 0.468 e. The molecular weight excluding hydrogens is 326 g/mol. The van der Waals surface area contributed by atoms with E-state index < -0.39 is 15.1 Å². The first-order valence-electron chi connectivity index (χ1n) is 7.91. The van der Waals surface area contributed by atoms with E-state index in [1.54, 1.807) is 36.4 Å². The van der Waals surface area contributed by atoms with Crippen molar-refractivity contribution in [1.29, 1.82) is 0 Å². The number of carbonyl (C=O) groups is 1. The van der Waals surface area contributed by atoms with Crippen molar-refractivity contribution in [2.45, 2.75) is 37.3 Å². The summed E-state index contributed by atoms with van der Waals surface area (Å²) >= 11 is 0. The third kappa shape index (κ3) is 4.47. The van der Waals surface area contributed by atoms with Gasteiger partial charge in [0, 0.05) is 13.0 Å². The van der Waals surface area contributed by atoms with Gasteiger partial charge in [0.2, 0.25) is 5.91 Å². The highest BCUT2D eigenvalue weighted by molar-refractivity contribution is 7.91. The zero-order valence-electron chi connectivity index (χ0n) is 14.2. The highest BCUT2D eigenvalue weighted by Crippen LogP contribution is 2.29. The minimum atomic E-state index is -3.67. The summed E-state index contributed by atoms with van der Waals surface area (Å²) in [6, 6.07) is 9.92. The van der Waals surface area contributed by atoms with Gasteiger partial charge in [-0.25, -0.2) is 8.42 Å². The second-order valence-corrected chi connectivity index (χ2v) is 8.39. The summed E-state index contributed by atoms with van der Waals surface area (Å²) in [5.41, 5.74) is 0.980.